The normalized spacial score (nSPS) is 30.4. The summed E-state index contributed by atoms with van der Waals surface area (Å²) >= 11 is 0. The average molecular weight is 227 g/mol. The fraction of sp³-hybridized carbons (Fsp3) is 0.818. The molecule has 1 amide bonds. The van der Waals surface area contributed by atoms with E-state index in [0.717, 1.165) is 12.8 Å². The highest BCUT2D eigenvalue weighted by atomic mass is 16.5. The van der Waals surface area contributed by atoms with Crippen molar-refractivity contribution < 1.29 is 19.4 Å². The lowest BCUT2D eigenvalue weighted by Crippen LogP contribution is -2.45. The molecule has 0 saturated carbocycles. The Morgan fingerprint density at radius 1 is 1.25 bits per heavy atom. The van der Waals surface area contributed by atoms with Crippen LogP contribution in [0.2, 0.25) is 0 Å². The molecule has 5 heteroatoms. The molecule has 0 spiro atoms. The Balaban J connectivity index is 1.93. The van der Waals surface area contributed by atoms with Gasteiger partial charge in [0.05, 0.1) is 18.4 Å². The van der Waals surface area contributed by atoms with Crippen LogP contribution < -0.4 is 0 Å². The third kappa shape index (κ3) is 2.35. The van der Waals surface area contributed by atoms with Crippen LogP contribution in [-0.4, -0.2) is 48.2 Å². The molecule has 2 fully saturated rings. The number of aliphatic carboxylic acids is 1. The van der Waals surface area contributed by atoms with Crippen LogP contribution >= 0.6 is 0 Å². The van der Waals surface area contributed by atoms with Gasteiger partial charge in [-0.2, -0.15) is 0 Å². The number of amides is 1. The number of carbonyl (C=O) groups excluding carboxylic acids is 1. The molecule has 2 heterocycles. The van der Waals surface area contributed by atoms with Gasteiger partial charge in [0.1, 0.15) is 0 Å². The molecule has 2 atom stereocenters. The third-order valence-corrected chi connectivity index (χ3v) is 3.36. The van der Waals surface area contributed by atoms with E-state index in [1.807, 2.05) is 0 Å². The van der Waals surface area contributed by atoms with Crippen molar-refractivity contribution in [1.82, 2.24) is 4.90 Å². The Morgan fingerprint density at radius 2 is 2.06 bits per heavy atom. The van der Waals surface area contributed by atoms with Gasteiger partial charge in [-0.3, -0.25) is 9.59 Å². The lowest BCUT2D eigenvalue weighted by atomic mass is 9.96. The van der Waals surface area contributed by atoms with E-state index in [4.69, 9.17) is 9.84 Å². The van der Waals surface area contributed by atoms with Crippen LogP contribution in [-0.2, 0) is 14.3 Å². The molecule has 0 bridgehead atoms. The number of carboxylic acid groups (broad SMARTS) is 1. The smallest absolute Gasteiger partial charge is 0.308 e. The first-order chi connectivity index (χ1) is 7.68. The second-order valence-corrected chi connectivity index (χ2v) is 4.52. The zero-order chi connectivity index (χ0) is 11.5. The molecule has 0 aliphatic carbocycles. The van der Waals surface area contributed by atoms with E-state index < -0.39 is 5.97 Å². The Hall–Kier alpha value is -1.10. The highest BCUT2D eigenvalue weighted by Gasteiger charge is 2.33. The molecule has 1 N–H and O–H groups in total. The average Bonchev–Trinajstić information content (AvgIpc) is 2.81. The molecule has 2 saturated heterocycles. The number of piperidine rings is 1. The van der Waals surface area contributed by atoms with Crippen molar-refractivity contribution in [3.8, 4) is 0 Å². The van der Waals surface area contributed by atoms with Crippen LogP contribution in [0.5, 0.6) is 0 Å². The van der Waals surface area contributed by atoms with E-state index in [9.17, 15) is 9.59 Å². The first-order valence-electron chi connectivity index (χ1n) is 5.78. The molecule has 0 aromatic heterocycles. The van der Waals surface area contributed by atoms with Crippen LogP contribution in [0.15, 0.2) is 0 Å². The molecule has 2 aliphatic heterocycles. The van der Waals surface area contributed by atoms with Gasteiger partial charge in [0.25, 0.3) is 0 Å². The van der Waals surface area contributed by atoms with Crippen LogP contribution in [0.4, 0.5) is 0 Å². The van der Waals surface area contributed by atoms with Gasteiger partial charge in [-0.15, -0.1) is 0 Å². The number of carbonyl (C=O) groups is 2. The SMILES string of the molecule is O=C(O)[C@H]1CCCN(C(=O)C2CCOC2)C1. The summed E-state index contributed by atoms with van der Waals surface area (Å²) in [6, 6.07) is 0. The molecule has 1 unspecified atom stereocenters. The van der Waals surface area contributed by atoms with Gasteiger partial charge in [0.2, 0.25) is 5.91 Å². The second-order valence-electron chi connectivity index (χ2n) is 4.52. The molecular weight excluding hydrogens is 210 g/mol. The van der Waals surface area contributed by atoms with Crippen LogP contribution in [0.3, 0.4) is 0 Å². The minimum Gasteiger partial charge on any atom is -0.481 e. The van der Waals surface area contributed by atoms with Crippen LogP contribution in [0.25, 0.3) is 0 Å². The van der Waals surface area contributed by atoms with Gasteiger partial charge in [-0.05, 0) is 19.3 Å². The minimum atomic E-state index is -0.792. The fourth-order valence-electron chi connectivity index (χ4n) is 2.37. The zero-order valence-electron chi connectivity index (χ0n) is 9.22. The first kappa shape index (κ1) is 11.4. The summed E-state index contributed by atoms with van der Waals surface area (Å²) < 4.78 is 5.18. The standard InChI is InChI=1S/C11H17NO4/c13-10(9-3-5-16-7-9)12-4-1-2-8(6-12)11(14)15/h8-9H,1-7H2,(H,14,15)/t8-,9?/m0/s1. The van der Waals surface area contributed by atoms with Crippen molar-refractivity contribution in [2.24, 2.45) is 11.8 Å². The van der Waals surface area contributed by atoms with E-state index in [-0.39, 0.29) is 17.7 Å². The summed E-state index contributed by atoms with van der Waals surface area (Å²) in [5.41, 5.74) is 0. The largest absolute Gasteiger partial charge is 0.481 e. The van der Waals surface area contributed by atoms with Crippen molar-refractivity contribution in [3.05, 3.63) is 0 Å². The monoisotopic (exact) mass is 227 g/mol. The lowest BCUT2D eigenvalue weighted by molar-refractivity contribution is -0.146. The van der Waals surface area contributed by atoms with Crippen molar-refractivity contribution in [2.75, 3.05) is 26.3 Å². The zero-order valence-corrected chi connectivity index (χ0v) is 9.22. The maximum Gasteiger partial charge on any atom is 0.308 e. The number of likely N-dealkylation sites (tertiary alicyclic amines) is 1. The Labute approximate surface area is 94.4 Å². The van der Waals surface area contributed by atoms with E-state index in [1.54, 1.807) is 4.90 Å². The molecule has 2 rings (SSSR count). The summed E-state index contributed by atoms with van der Waals surface area (Å²) in [5, 5.41) is 8.94. The summed E-state index contributed by atoms with van der Waals surface area (Å²) in [7, 11) is 0. The predicted octanol–water partition coefficient (Wildman–Crippen LogP) is 0.346. The minimum absolute atomic E-state index is 0.0486. The Morgan fingerprint density at radius 3 is 2.69 bits per heavy atom. The molecule has 5 nitrogen and oxygen atoms in total. The second kappa shape index (κ2) is 4.82. The van der Waals surface area contributed by atoms with E-state index in [2.05, 4.69) is 0 Å². The van der Waals surface area contributed by atoms with Gasteiger partial charge >= 0.3 is 5.97 Å². The number of hydrogen-bond donors (Lipinski definition) is 1. The van der Waals surface area contributed by atoms with Gasteiger partial charge in [0, 0.05) is 19.7 Å². The maximum absolute atomic E-state index is 12.0. The molecular formula is C11H17NO4. The third-order valence-electron chi connectivity index (χ3n) is 3.36. The Kier molecular flexibility index (Phi) is 3.43. The fourth-order valence-corrected chi connectivity index (χ4v) is 2.37. The summed E-state index contributed by atoms with van der Waals surface area (Å²) in [6.45, 7) is 2.20. The van der Waals surface area contributed by atoms with Crippen molar-refractivity contribution >= 4 is 11.9 Å². The van der Waals surface area contributed by atoms with Crippen LogP contribution in [0.1, 0.15) is 19.3 Å². The van der Waals surface area contributed by atoms with Gasteiger partial charge in [-0.1, -0.05) is 0 Å². The number of rotatable bonds is 2. The van der Waals surface area contributed by atoms with E-state index in [1.165, 1.54) is 0 Å². The molecule has 0 aromatic rings. The van der Waals surface area contributed by atoms with Crippen molar-refractivity contribution in [2.45, 2.75) is 19.3 Å². The Bertz CT molecular complexity index is 286. The number of nitrogens with zero attached hydrogens (tertiary/aromatic N) is 1. The predicted molar refractivity (Wildman–Crippen MR) is 55.9 cm³/mol. The van der Waals surface area contributed by atoms with Crippen molar-refractivity contribution in [3.63, 3.8) is 0 Å². The van der Waals surface area contributed by atoms with Gasteiger partial charge in [0.15, 0.2) is 0 Å². The first-order valence-corrected chi connectivity index (χ1v) is 5.78. The lowest BCUT2D eigenvalue weighted by Gasteiger charge is -2.32. The van der Waals surface area contributed by atoms with E-state index in [0.29, 0.717) is 32.7 Å². The molecule has 0 radical (unpaired) electrons. The van der Waals surface area contributed by atoms with Gasteiger partial charge in [-0.25, -0.2) is 0 Å². The van der Waals surface area contributed by atoms with Gasteiger partial charge < -0.3 is 14.7 Å². The highest BCUT2D eigenvalue weighted by Crippen LogP contribution is 2.21. The summed E-state index contributed by atoms with van der Waals surface area (Å²) in [5.74, 6) is -1.16. The van der Waals surface area contributed by atoms with E-state index >= 15 is 0 Å². The summed E-state index contributed by atoms with van der Waals surface area (Å²) in [6.07, 6.45) is 2.24. The molecule has 90 valence electrons. The van der Waals surface area contributed by atoms with Crippen LogP contribution in [0, 0.1) is 11.8 Å². The quantitative estimate of drug-likeness (QED) is 0.739. The number of carboxylic acids is 1. The highest BCUT2D eigenvalue weighted by molar-refractivity contribution is 5.80. The maximum atomic E-state index is 12.0. The molecule has 0 aromatic carbocycles. The molecule has 2 aliphatic rings. The summed E-state index contributed by atoms with van der Waals surface area (Å²) in [4.78, 5) is 24.6. The molecule has 16 heavy (non-hydrogen) atoms. The number of hydrogen-bond acceptors (Lipinski definition) is 3. The number of ether oxygens (including phenoxy) is 1. The topological polar surface area (TPSA) is 66.8 Å². The van der Waals surface area contributed by atoms with Crippen molar-refractivity contribution in [1.29, 1.82) is 0 Å².